The molecule has 0 bridgehead atoms. The lowest BCUT2D eigenvalue weighted by molar-refractivity contribution is -0.138. The maximum atomic E-state index is 10.9. The van der Waals surface area contributed by atoms with E-state index in [0.717, 1.165) is 23.0 Å². The average molecular weight is 262 g/mol. The topological polar surface area (TPSA) is 77.5 Å². The fourth-order valence-electron chi connectivity index (χ4n) is 2.18. The van der Waals surface area contributed by atoms with Crippen LogP contribution in [0, 0.1) is 0 Å². The molecule has 0 saturated carbocycles. The third-order valence-electron chi connectivity index (χ3n) is 3.16. The number of nitrogens with zero attached hydrogens (tertiary/aromatic N) is 1. The summed E-state index contributed by atoms with van der Waals surface area (Å²) in [6.45, 7) is 1.35. The van der Waals surface area contributed by atoms with Crippen molar-refractivity contribution in [2.45, 2.75) is 19.0 Å². The second-order valence-electron chi connectivity index (χ2n) is 4.51. The zero-order valence-electron chi connectivity index (χ0n) is 10.9. The number of fused-ring (bicyclic) bond motifs is 1. The van der Waals surface area contributed by atoms with Gasteiger partial charge in [0.05, 0.1) is 6.61 Å². The molecule has 0 saturated heterocycles. The van der Waals surface area contributed by atoms with Crippen LogP contribution in [0.5, 0.6) is 0 Å². The van der Waals surface area contributed by atoms with Gasteiger partial charge in [0.2, 0.25) is 0 Å². The van der Waals surface area contributed by atoms with Crippen LogP contribution >= 0.6 is 0 Å². The standard InChI is InChI=1S/C14H18N2O3/c1-19-7-6-16-9-10(8-12(15)14(17)18)11-4-2-3-5-13(11)16/h2-5,9,12H,6-8,15H2,1H3,(H,17,18). The Balaban J connectivity index is 2.35. The average Bonchev–Trinajstić information content (AvgIpc) is 2.75. The summed E-state index contributed by atoms with van der Waals surface area (Å²) in [4.78, 5) is 10.9. The van der Waals surface area contributed by atoms with Crippen LogP contribution in [0.1, 0.15) is 5.56 Å². The number of carboxylic acids is 1. The molecule has 0 spiro atoms. The number of benzene rings is 1. The predicted molar refractivity (Wildman–Crippen MR) is 73.1 cm³/mol. The molecule has 2 rings (SSSR count). The molecule has 102 valence electrons. The Morgan fingerprint density at radius 2 is 2.21 bits per heavy atom. The number of methoxy groups -OCH3 is 1. The number of ether oxygens (including phenoxy) is 1. The van der Waals surface area contributed by atoms with Crippen molar-refractivity contribution in [3.8, 4) is 0 Å². The number of aliphatic carboxylic acids is 1. The Morgan fingerprint density at radius 1 is 1.47 bits per heavy atom. The highest BCUT2D eigenvalue weighted by Crippen LogP contribution is 2.22. The number of carbonyl (C=O) groups is 1. The minimum absolute atomic E-state index is 0.329. The Bertz CT molecular complexity index is 577. The summed E-state index contributed by atoms with van der Waals surface area (Å²) in [6.07, 6.45) is 2.29. The van der Waals surface area contributed by atoms with Gasteiger partial charge in [-0.05, 0) is 11.6 Å². The molecule has 2 aromatic rings. The van der Waals surface area contributed by atoms with Crippen LogP contribution in [-0.2, 0) is 22.5 Å². The van der Waals surface area contributed by atoms with Gasteiger partial charge in [0.15, 0.2) is 0 Å². The first-order valence-corrected chi connectivity index (χ1v) is 6.17. The third kappa shape index (κ3) is 2.94. The van der Waals surface area contributed by atoms with E-state index in [-0.39, 0.29) is 0 Å². The molecule has 1 unspecified atom stereocenters. The van der Waals surface area contributed by atoms with Gasteiger partial charge in [-0.1, -0.05) is 18.2 Å². The first-order chi connectivity index (χ1) is 9.13. The Morgan fingerprint density at radius 3 is 2.89 bits per heavy atom. The number of carboxylic acid groups (broad SMARTS) is 1. The second-order valence-corrected chi connectivity index (χ2v) is 4.51. The number of rotatable bonds is 6. The van der Waals surface area contributed by atoms with E-state index in [9.17, 15) is 4.79 Å². The molecule has 0 aliphatic heterocycles. The molecule has 5 nitrogen and oxygen atoms in total. The largest absolute Gasteiger partial charge is 0.480 e. The van der Waals surface area contributed by atoms with E-state index in [1.54, 1.807) is 7.11 Å². The Hall–Kier alpha value is -1.85. The van der Waals surface area contributed by atoms with Crippen LogP contribution < -0.4 is 5.73 Å². The van der Waals surface area contributed by atoms with Gasteiger partial charge >= 0.3 is 5.97 Å². The smallest absolute Gasteiger partial charge is 0.320 e. The van der Waals surface area contributed by atoms with Crippen molar-refractivity contribution in [1.82, 2.24) is 4.57 Å². The highest BCUT2D eigenvalue weighted by Gasteiger charge is 2.16. The van der Waals surface area contributed by atoms with Gasteiger partial charge < -0.3 is 20.1 Å². The van der Waals surface area contributed by atoms with E-state index < -0.39 is 12.0 Å². The van der Waals surface area contributed by atoms with Crippen molar-refractivity contribution >= 4 is 16.9 Å². The Kier molecular flexibility index (Phi) is 4.19. The van der Waals surface area contributed by atoms with E-state index >= 15 is 0 Å². The number of para-hydroxylation sites is 1. The molecular weight excluding hydrogens is 244 g/mol. The minimum atomic E-state index is -0.978. The summed E-state index contributed by atoms with van der Waals surface area (Å²) in [7, 11) is 1.66. The van der Waals surface area contributed by atoms with Crippen molar-refractivity contribution < 1.29 is 14.6 Å². The normalized spacial score (nSPS) is 12.7. The molecule has 1 heterocycles. The molecule has 1 atom stereocenters. The number of aromatic nitrogens is 1. The van der Waals surface area contributed by atoms with Crippen LogP contribution in [0.2, 0.25) is 0 Å². The molecule has 0 aliphatic rings. The van der Waals surface area contributed by atoms with E-state index in [0.29, 0.717) is 13.0 Å². The van der Waals surface area contributed by atoms with Gasteiger partial charge in [0, 0.05) is 37.2 Å². The van der Waals surface area contributed by atoms with Crippen LogP contribution in [0.25, 0.3) is 10.9 Å². The van der Waals surface area contributed by atoms with E-state index in [1.807, 2.05) is 30.5 Å². The SMILES string of the molecule is COCCn1cc(CC(N)C(=O)O)c2ccccc21. The molecule has 5 heteroatoms. The summed E-state index contributed by atoms with van der Waals surface area (Å²) in [5.41, 5.74) is 7.65. The van der Waals surface area contributed by atoms with Crippen molar-refractivity contribution in [2.24, 2.45) is 5.73 Å². The van der Waals surface area contributed by atoms with Gasteiger partial charge in [-0.25, -0.2) is 0 Å². The van der Waals surface area contributed by atoms with Gasteiger partial charge in [0.1, 0.15) is 6.04 Å². The van der Waals surface area contributed by atoms with Crippen molar-refractivity contribution in [2.75, 3.05) is 13.7 Å². The molecule has 19 heavy (non-hydrogen) atoms. The van der Waals surface area contributed by atoms with Gasteiger partial charge in [-0.2, -0.15) is 0 Å². The molecule has 0 aliphatic carbocycles. The van der Waals surface area contributed by atoms with E-state index in [2.05, 4.69) is 4.57 Å². The lowest BCUT2D eigenvalue weighted by Gasteiger charge is -2.04. The van der Waals surface area contributed by atoms with Gasteiger partial charge in [-0.15, -0.1) is 0 Å². The number of hydrogen-bond donors (Lipinski definition) is 2. The van der Waals surface area contributed by atoms with Crippen molar-refractivity contribution in [3.05, 3.63) is 36.0 Å². The lowest BCUT2D eigenvalue weighted by Crippen LogP contribution is -2.32. The molecule has 0 radical (unpaired) electrons. The first-order valence-electron chi connectivity index (χ1n) is 6.17. The third-order valence-corrected chi connectivity index (χ3v) is 3.16. The number of hydrogen-bond acceptors (Lipinski definition) is 3. The maximum Gasteiger partial charge on any atom is 0.320 e. The summed E-state index contributed by atoms with van der Waals surface area (Å²) in [5, 5.41) is 9.96. The first kappa shape index (κ1) is 13.6. The van der Waals surface area contributed by atoms with Gasteiger partial charge in [0.25, 0.3) is 0 Å². The van der Waals surface area contributed by atoms with E-state index in [4.69, 9.17) is 15.6 Å². The fourth-order valence-corrected chi connectivity index (χ4v) is 2.18. The van der Waals surface area contributed by atoms with Crippen molar-refractivity contribution in [1.29, 1.82) is 0 Å². The highest BCUT2D eigenvalue weighted by molar-refractivity contribution is 5.85. The molecule has 0 amide bonds. The van der Waals surface area contributed by atoms with Gasteiger partial charge in [-0.3, -0.25) is 4.79 Å². The van der Waals surface area contributed by atoms with Crippen molar-refractivity contribution in [3.63, 3.8) is 0 Å². The zero-order chi connectivity index (χ0) is 13.8. The summed E-state index contributed by atoms with van der Waals surface area (Å²) in [6, 6.07) is 7.04. The molecule has 3 N–H and O–H groups in total. The molecule has 0 fully saturated rings. The number of nitrogens with two attached hydrogens (primary N) is 1. The molecular formula is C14H18N2O3. The molecule has 1 aromatic carbocycles. The van der Waals surface area contributed by atoms with E-state index in [1.165, 1.54) is 0 Å². The van der Waals surface area contributed by atoms with Crippen LogP contribution in [0.15, 0.2) is 30.5 Å². The quantitative estimate of drug-likeness (QED) is 0.821. The van der Waals surface area contributed by atoms with Crippen LogP contribution in [-0.4, -0.2) is 35.4 Å². The summed E-state index contributed by atoms with van der Waals surface area (Å²) in [5.74, 6) is -0.978. The van der Waals surface area contributed by atoms with Crippen LogP contribution in [0.3, 0.4) is 0 Å². The fraction of sp³-hybridized carbons (Fsp3) is 0.357. The lowest BCUT2D eigenvalue weighted by atomic mass is 10.1. The second kappa shape index (κ2) is 5.86. The predicted octanol–water partition coefficient (Wildman–Crippen LogP) is 1.24. The maximum absolute atomic E-state index is 10.9. The molecule has 1 aromatic heterocycles. The summed E-state index contributed by atoms with van der Waals surface area (Å²) < 4.78 is 7.16. The summed E-state index contributed by atoms with van der Waals surface area (Å²) >= 11 is 0. The monoisotopic (exact) mass is 262 g/mol. The van der Waals surface area contributed by atoms with Crippen LogP contribution in [0.4, 0.5) is 0 Å². The zero-order valence-corrected chi connectivity index (χ0v) is 10.9. The highest BCUT2D eigenvalue weighted by atomic mass is 16.5. The minimum Gasteiger partial charge on any atom is -0.480 e. The Labute approximate surface area is 111 Å².